The highest BCUT2D eigenvalue weighted by atomic mass is 16.3. The lowest BCUT2D eigenvalue weighted by Gasteiger charge is -2.35. The molecule has 16 heavy (non-hydrogen) atoms. The van der Waals surface area contributed by atoms with Crippen LogP contribution in [0, 0.1) is 6.92 Å². The third kappa shape index (κ3) is 2.09. The van der Waals surface area contributed by atoms with Crippen LogP contribution in [0.15, 0.2) is 6.20 Å². The minimum Gasteiger partial charge on any atom is -0.389 e. The average Bonchev–Trinajstić information content (AvgIpc) is 2.52. The fraction of sp³-hybridized carbons (Fsp3) is 0.636. The highest BCUT2D eigenvalue weighted by Crippen LogP contribution is 2.13. The van der Waals surface area contributed by atoms with Crippen LogP contribution >= 0.6 is 0 Å². The summed E-state index contributed by atoms with van der Waals surface area (Å²) in [7, 11) is 1.90. The van der Waals surface area contributed by atoms with E-state index in [1.165, 1.54) is 0 Å². The first kappa shape index (κ1) is 11.1. The second kappa shape index (κ2) is 4.25. The molecule has 0 aromatic carbocycles. The fourth-order valence-electron chi connectivity index (χ4n) is 1.85. The Bertz CT molecular complexity index is 394. The van der Waals surface area contributed by atoms with Gasteiger partial charge in [0.05, 0.1) is 12.3 Å². The van der Waals surface area contributed by atoms with Crippen molar-refractivity contribution in [3.63, 3.8) is 0 Å². The number of carbonyl (C=O) groups excluding carboxylic acids is 1. The first-order chi connectivity index (χ1) is 7.58. The van der Waals surface area contributed by atoms with E-state index in [9.17, 15) is 4.79 Å². The van der Waals surface area contributed by atoms with E-state index in [1.54, 1.807) is 4.90 Å². The summed E-state index contributed by atoms with van der Waals surface area (Å²) in [6.45, 7) is 2.98. The smallest absolute Gasteiger partial charge is 0.223 e. The Morgan fingerprint density at radius 2 is 2.31 bits per heavy atom. The van der Waals surface area contributed by atoms with Crippen LogP contribution in [0.5, 0.6) is 0 Å². The summed E-state index contributed by atoms with van der Waals surface area (Å²) in [6.07, 6.45) is 2.72. The van der Waals surface area contributed by atoms with Crippen molar-refractivity contribution in [1.29, 1.82) is 0 Å². The molecule has 1 fully saturated rings. The van der Waals surface area contributed by atoms with Crippen LogP contribution in [0.3, 0.4) is 0 Å². The molecule has 1 saturated heterocycles. The van der Waals surface area contributed by atoms with Gasteiger partial charge in [0.15, 0.2) is 0 Å². The van der Waals surface area contributed by atoms with E-state index in [2.05, 4.69) is 5.10 Å². The zero-order valence-electron chi connectivity index (χ0n) is 9.68. The van der Waals surface area contributed by atoms with Gasteiger partial charge in [0.25, 0.3) is 0 Å². The molecule has 0 spiro atoms. The molecule has 0 radical (unpaired) electrons. The molecule has 2 rings (SSSR count). The first-order valence-corrected chi connectivity index (χ1v) is 5.51. The van der Waals surface area contributed by atoms with Gasteiger partial charge in [0.1, 0.15) is 0 Å². The van der Waals surface area contributed by atoms with Crippen molar-refractivity contribution in [1.82, 2.24) is 14.7 Å². The van der Waals surface area contributed by atoms with Crippen molar-refractivity contribution in [2.45, 2.75) is 25.9 Å². The van der Waals surface area contributed by atoms with Crippen LogP contribution < -0.4 is 0 Å². The van der Waals surface area contributed by atoms with Crippen LogP contribution in [0.2, 0.25) is 0 Å². The van der Waals surface area contributed by atoms with Crippen molar-refractivity contribution in [3.05, 3.63) is 17.5 Å². The van der Waals surface area contributed by atoms with Crippen molar-refractivity contribution in [3.8, 4) is 0 Å². The molecule has 5 heteroatoms. The van der Waals surface area contributed by atoms with Gasteiger partial charge < -0.3 is 10.0 Å². The van der Waals surface area contributed by atoms with E-state index in [0.29, 0.717) is 19.5 Å². The number of aliphatic hydroxyl groups is 1. The number of hydrogen-bond acceptors (Lipinski definition) is 3. The van der Waals surface area contributed by atoms with Crippen molar-refractivity contribution in [2.24, 2.45) is 7.05 Å². The zero-order chi connectivity index (χ0) is 11.7. The maximum Gasteiger partial charge on any atom is 0.223 e. The van der Waals surface area contributed by atoms with Gasteiger partial charge in [0, 0.05) is 32.3 Å². The number of aliphatic hydroxyl groups excluding tert-OH is 1. The molecule has 1 amide bonds. The molecule has 1 N–H and O–H groups in total. The van der Waals surface area contributed by atoms with Crippen LogP contribution in [-0.4, -0.2) is 44.9 Å². The highest BCUT2D eigenvalue weighted by Gasteiger charge is 2.28. The van der Waals surface area contributed by atoms with Crippen molar-refractivity contribution in [2.75, 3.05) is 13.1 Å². The lowest BCUT2D eigenvalue weighted by molar-refractivity contribution is -0.141. The Labute approximate surface area is 94.7 Å². The predicted octanol–water partition coefficient (Wildman–Crippen LogP) is -0.136. The number of aryl methyl sites for hydroxylation is 2. The Hall–Kier alpha value is -1.36. The molecule has 88 valence electrons. The number of hydrogen-bond donors (Lipinski definition) is 1. The molecule has 0 aliphatic carbocycles. The van der Waals surface area contributed by atoms with Gasteiger partial charge in [-0.05, 0) is 18.9 Å². The molecule has 2 heterocycles. The summed E-state index contributed by atoms with van der Waals surface area (Å²) in [5.41, 5.74) is 2.23. The van der Waals surface area contributed by atoms with Gasteiger partial charge in [-0.3, -0.25) is 9.48 Å². The van der Waals surface area contributed by atoms with Gasteiger partial charge in [-0.15, -0.1) is 0 Å². The molecule has 1 aromatic heterocycles. The molecule has 1 aliphatic heterocycles. The van der Waals surface area contributed by atoms with Gasteiger partial charge in [-0.1, -0.05) is 0 Å². The lowest BCUT2D eigenvalue weighted by Crippen LogP contribution is -2.53. The number of rotatable bonds is 3. The fourth-order valence-corrected chi connectivity index (χ4v) is 1.85. The summed E-state index contributed by atoms with van der Waals surface area (Å²) >= 11 is 0. The number of β-amino-alcohol motifs (C(OH)–C–C–N with tert-alkyl or cyclic N) is 1. The second-order valence-electron chi connectivity index (χ2n) is 4.33. The second-order valence-corrected chi connectivity index (χ2v) is 4.33. The first-order valence-electron chi connectivity index (χ1n) is 5.51. The zero-order valence-corrected chi connectivity index (χ0v) is 9.68. The van der Waals surface area contributed by atoms with Gasteiger partial charge >= 0.3 is 0 Å². The number of nitrogens with zero attached hydrogens (tertiary/aromatic N) is 3. The topological polar surface area (TPSA) is 58.4 Å². The number of likely N-dealkylation sites (tertiary alicyclic amines) is 1. The molecule has 1 aromatic rings. The van der Waals surface area contributed by atoms with Crippen LogP contribution in [0.1, 0.15) is 17.7 Å². The Kier molecular flexibility index (Phi) is 2.96. The molecule has 0 bridgehead atoms. The minimum absolute atomic E-state index is 0.119. The summed E-state index contributed by atoms with van der Waals surface area (Å²) in [5.74, 6) is 0.119. The monoisotopic (exact) mass is 223 g/mol. The highest BCUT2D eigenvalue weighted by molar-refractivity contribution is 5.77. The SMILES string of the molecule is Cc1c(CCC(=O)N2CC(O)C2)cnn1C. The number of carbonyl (C=O) groups is 1. The quantitative estimate of drug-likeness (QED) is 0.776. The average molecular weight is 223 g/mol. The molecular formula is C11H17N3O2. The molecule has 0 unspecified atom stereocenters. The summed E-state index contributed by atoms with van der Waals surface area (Å²) in [6, 6.07) is 0. The van der Waals surface area contributed by atoms with Crippen LogP contribution in [0.25, 0.3) is 0 Å². The Morgan fingerprint density at radius 1 is 1.62 bits per heavy atom. The predicted molar refractivity (Wildman–Crippen MR) is 58.9 cm³/mol. The maximum atomic E-state index is 11.6. The Morgan fingerprint density at radius 3 is 2.81 bits per heavy atom. The maximum absolute atomic E-state index is 11.6. The molecule has 1 aliphatic rings. The number of amides is 1. The van der Waals surface area contributed by atoms with Crippen LogP contribution in [0.4, 0.5) is 0 Å². The minimum atomic E-state index is -0.316. The van der Waals surface area contributed by atoms with E-state index in [4.69, 9.17) is 5.11 Å². The van der Waals surface area contributed by atoms with E-state index >= 15 is 0 Å². The largest absolute Gasteiger partial charge is 0.389 e. The number of aromatic nitrogens is 2. The molecular weight excluding hydrogens is 206 g/mol. The third-order valence-corrected chi connectivity index (χ3v) is 3.16. The summed E-state index contributed by atoms with van der Waals surface area (Å²) in [5, 5.41) is 13.2. The van der Waals surface area contributed by atoms with Gasteiger partial charge in [-0.25, -0.2) is 0 Å². The summed E-state index contributed by atoms with van der Waals surface area (Å²) < 4.78 is 1.81. The van der Waals surface area contributed by atoms with Gasteiger partial charge in [-0.2, -0.15) is 5.10 Å². The van der Waals surface area contributed by atoms with E-state index in [0.717, 1.165) is 17.7 Å². The van der Waals surface area contributed by atoms with Gasteiger partial charge in [0.2, 0.25) is 5.91 Å². The Balaban J connectivity index is 1.83. The molecule has 5 nitrogen and oxygen atoms in total. The van der Waals surface area contributed by atoms with Crippen molar-refractivity contribution >= 4 is 5.91 Å². The van der Waals surface area contributed by atoms with E-state index < -0.39 is 0 Å². The van der Waals surface area contributed by atoms with E-state index in [-0.39, 0.29) is 12.0 Å². The van der Waals surface area contributed by atoms with Crippen LogP contribution in [-0.2, 0) is 18.3 Å². The normalized spacial score (nSPS) is 16.3. The molecule has 0 atom stereocenters. The molecule has 0 saturated carbocycles. The standard InChI is InChI=1S/C11H17N3O2/c1-8-9(5-12-13(8)2)3-4-11(16)14-6-10(15)7-14/h5,10,15H,3-4,6-7H2,1-2H3. The lowest BCUT2D eigenvalue weighted by atomic mass is 10.1. The van der Waals surface area contributed by atoms with E-state index in [1.807, 2.05) is 24.9 Å². The van der Waals surface area contributed by atoms with Crippen molar-refractivity contribution < 1.29 is 9.90 Å². The third-order valence-electron chi connectivity index (χ3n) is 3.16. The summed E-state index contributed by atoms with van der Waals surface area (Å²) in [4.78, 5) is 13.3.